The quantitative estimate of drug-likeness (QED) is 0.764. The van der Waals surface area contributed by atoms with Crippen LogP contribution in [0.25, 0.3) is 0 Å². The van der Waals surface area contributed by atoms with Crippen molar-refractivity contribution < 1.29 is 14.3 Å². The molecule has 114 valence electrons. The Morgan fingerprint density at radius 3 is 2.68 bits per heavy atom. The van der Waals surface area contributed by atoms with Gasteiger partial charge < -0.3 is 9.47 Å². The zero-order chi connectivity index (χ0) is 15.7. The van der Waals surface area contributed by atoms with Gasteiger partial charge in [-0.1, -0.05) is 37.3 Å². The van der Waals surface area contributed by atoms with Gasteiger partial charge in [0, 0.05) is 5.56 Å². The third-order valence-corrected chi connectivity index (χ3v) is 4.96. The SMILES string of the molecule is CC[C@]1(c2ccccc2)COc2c(Br)cc(C(=O)OC)cc21. The van der Waals surface area contributed by atoms with Gasteiger partial charge in [-0.15, -0.1) is 0 Å². The third kappa shape index (κ3) is 2.22. The largest absolute Gasteiger partial charge is 0.491 e. The van der Waals surface area contributed by atoms with Crippen molar-refractivity contribution in [3.8, 4) is 5.75 Å². The van der Waals surface area contributed by atoms with E-state index < -0.39 is 0 Å². The van der Waals surface area contributed by atoms with Crippen molar-refractivity contribution in [3.05, 3.63) is 63.6 Å². The first-order valence-electron chi connectivity index (χ1n) is 7.23. The molecular weight excluding hydrogens is 344 g/mol. The monoisotopic (exact) mass is 360 g/mol. The van der Waals surface area contributed by atoms with Crippen LogP contribution in [-0.4, -0.2) is 19.7 Å². The Hall–Kier alpha value is -1.81. The number of fused-ring (bicyclic) bond motifs is 1. The molecule has 0 amide bonds. The topological polar surface area (TPSA) is 35.5 Å². The van der Waals surface area contributed by atoms with Crippen molar-refractivity contribution in [2.24, 2.45) is 0 Å². The molecule has 22 heavy (non-hydrogen) atoms. The summed E-state index contributed by atoms with van der Waals surface area (Å²) in [5.41, 5.74) is 2.54. The number of rotatable bonds is 3. The minimum atomic E-state index is -0.339. The highest BCUT2D eigenvalue weighted by molar-refractivity contribution is 9.10. The van der Waals surface area contributed by atoms with Gasteiger partial charge in [0.1, 0.15) is 12.4 Å². The number of ether oxygens (including phenoxy) is 2. The highest BCUT2D eigenvalue weighted by Crippen LogP contribution is 2.49. The smallest absolute Gasteiger partial charge is 0.337 e. The van der Waals surface area contributed by atoms with E-state index in [1.165, 1.54) is 12.7 Å². The lowest BCUT2D eigenvalue weighted by molar-refractivity contribution is 0.0600. The summed E-state index contributed by atoms with van der Waals surface area (Å²) in [4.78, 5) is 11.9. The summed E-state index contributed by atoms with van der Waals surface area (Å²) in [5, 5.41) is 0. The van der Waals surface area contributed by atoms with Crippen molar-refractivity contribution in [3.63, 3.8) is 0 Å². The van der Waals surface area contributed by atoms with Gasteiger partial charge in [-0.05, 0) is 40.0 Å². The second-order valence-corrected chi connectivity index (χ2v) is 6.27. The van der Waals surface area contributed by atoms with Gasteiger partial charge in [-0.2, -0.15) is 0 Å². The van der Waals surface area contributed by atoms with E-state index in [1.807, 2.05) is 24.3 Å². The lowest BCUT2D eigenvalue weighted by Gasteiger charge is -2.27. The van der Waals surface area contributed by atoms with Crippen molar-refractivity contribution in [2.75, 3.05) is 13.7 Å². The van der Waals surface area contributed by atoms with E-state index >= 15 is 0 Å². The molecule has 0 spiro atoms. The maximum Gasteiger partial charge on any atom is 0.337 e. The van der Waals surface area contributed by atoms with Crippen LogP contribution in [0.5, 0.6) is 5.75 Å². The van der Waals surface area contributed by atoms with Crippen molar-refractivity contribution in [1.82, 2.24) is 0 Å². The Morgan fingerprint density at radius 2 is 2.05 bits per heavy atom. The van der Waals surface area contributed by atoms with Gasteiger partial charge in [-0.3, -0.25) is 0 Å². The zero-order valence-corrected chi connectivity index (χ0v) is 14.1. The summed E-state index contributed by atoms with van der Waals surface area (Å²) >= 11 is 3.52. The van der Waals surface area contributed by atoms with Crippen molar-refractivity contribution in [1.29, 1.82) is 0 Å². The standard InChI is InChI=1S/C18H17BrO3/c1-3-18(13-7-5-4-6-8-13)11-22-16-14(18)9-12(10-15(16)19)17(20)21-2/h4-10H,3,11H2,1-2H3/t18-/m1/s1. The van der Waals surface area contributed by atoms with Gasteiger partial charge in [-0.25, -0.2) is 4.79 Å². The van der Waals surface area contributed by atoms with Crippen LogP contribution in [0.1, 0.15) is 34.8 Å². The Balaban J connectivity index is 2.21. The summed E-state index contributed by atoms with van der Waals surface area (Å²) in [5.74, 6) is 0.479. The Bertz CT molecular complexity index is 712. The van der Waals surface area contributed by atoms with E-state index in [0.29, 0.717) is 12.2 Å². The van der Waals surface area contributed by atoms with Gasteiger partial charge in [0.25, 0.3) is 0 Å². The maximum atomic E-state index is 11.9. The van der Waals surface area contributed by atoms with Crippen LogP contribution in [0.3, 0.4) is 0 Å². The first-order valence-corrected chi connectivity index (χ1v) is 8.02. The number of carbonyl (C=O) groups excluding carboxylic acids is 1. The van der Waals surface area contributed by atoms with Gasteiger partial charge >= 0.3 is 5.97 Å². The number of esters is 1. The van der Waals surface area contributed by atoms with Gasteiger partial charge in [0.2, 0.25) is 0 Å². The zero-order valence-electron chi connectivity index (χ0n) is 12.6. The molecule has 1 aliphatic heterocycles. The van der Waals surface area contributed by atoms with E-state index in [-0.39, 0.29) is 11.4 Å². The summed E-state index contributed by atoms with van der Waals surface area (Å²) < 4.78 is 11.6. The number of hydrogen-bond donors (Lipinski definition) is 0. The van der Waals surface area contributed by atoms with Crippen LogP contribution in [-0.2, 0) is 10.2 Å². The van der Waals surface area contributed by atoms with Crippen LogP contribution in [0.15, 0.2) is 46.9 Å². The molecule has 2 aromatic carbocycles. The van der Waals surface area contributed by atoms with Crippen LogP contribution < -0.4 is 4.74 Å². The molecule has 0 saturated carbocycles. The molecule has 0 aliphatic carbocycles. The fourth-order valence-corrected chi connectivity index (χ4v) is 3.67. The molecule has 3 nitrogen and oxygen atoms in total. The first kappa shape index (κ1) is 15.1. The fourth-order valence-electron chi connectivity index (χ4n) is 3.10. The number of methoxy groups -OCH3 is 1. The fraction of sp³-hybridized carbons (Fsp3) is 0.278. The first-order chi connectivity index (χ1) is 10.6. The average molecular weight is 361 g/mol. The van der Waals surface area contributed by atoms with Crippen LogP contribution >= 0.6 is 15.9 Å². The Morgan fingerprint density at radius 1 is 1.32 bits per heavy atom. The molecule has 0 bridgehead atoms. The predicted molar refractivity (Wildman–Crippen MR) is 88.5 cm³/mol. The second kappa shape index (κ2) is 5.76. The molecule has 1 aliphatic rings. The molecule has 0 radical (unpaired) electrons. The molecule has 1 heterocycles. The minimum Gasteiger partial charge on any atom is -0.491 e. The Kier molecular flexibility index (Phi) is 3.96. The third-order valence-electron chi connectivity index (χ3n) is 4.37. The van der Waals surface area contributed by atoms with E-state index in [2.05, 4.69) is 35.0 Å². The molecule has 3 rings (SSSR count). The van der Waals surface area contributed by atoms with E-state index in [9.17, 15) is 4.79 Å². The summed E-state index contributed by atoms with van der Waals surface area (Å²) in [6, 6.07) is 13.9. The van der Waals surface area contributed by atoms with Gasteiger partial charge in [0.05, 0.1) is 22.6 Å². The molecule has 1 atom stereocenters. The number of benzene rings is 2. The predicted octanol–water partition coefficient (Wildman–Crippen LogP) is 4.32. The summed E-state index contributed by atoms with van der Waals surface area (Å²) in [6.07, 6.45) is 0.890. The van der Waals surface area contributed by atoms with Crippen LogP contribution in [0.2, 0.25) is 0 Å². The molecular formula is C18H17BrO3. The van der Waals surface area contributed by atoms with Crippen LogP contribution in [0, 0.1) is 0 Å². The highest BCUT2D eigenvalue weighted by atomic mass is 79.9. The molecule has 2 aromatic rings. The highest BCUT2D eigenvalue weighted by Gasteiger charge is 2.42. The number of hydrogen-bond acceptors (Lipinski definition) is 3. The minimum absolute atomic E-state index is 0.233. The maximum absolute atomic E-state index is 11.9. The lowest BCUT2D eigenvalue weighted by atomic mass is 9.74. The van der Waals surface area contributed by atoms with Crippen LogP contribution in [0.4, 0.5) is 0 Å². The molecule has 0 unspecified atom stereocenters. The summed E-state index contributed by atoms with van der Waals surface area (Å²) in [6.45, 7) is 2.72. The number of halogens is 1. The lowest BCUT2D eigenvalue weighted by Crippen LogP contribution is -2.28. The molecule has 0 saturated heterocycles. The molecule has 4 heteroatoms. The van der Waals surface area contributed by atoms with E-state index in [4.69, 9.17) is 9.47 Å². The second-order valence-electron chi connectivity index (χ2n) is 5.42. The summed E-state index contributed by atoms with van der Waals surface area (Å²) in [7, 11) is 1.39. The van der Waals surface area contributed by atoms with E-state index in [1.54, 1.807) is 6.07 Å². The average Bonchev–Trinajstić information content (AvgIpc) is 2.95. The van der Waals surface area contributed by atoms with Crippen molar-refractivity contribution in [2.45, 2.75) is 18.8 Å². The molecule has 0 N–H and O–H groups in total. The van der Waals surface area contributed by atoms with Crippen molar-refractivity contribution >= 4 is 21.9 Å². The van der Waals surface area contributed by atoms with E-state index in [0.717, 1.165) is 22.2 Å². The Labute approximate surface area is 138 Å². The normalized spacial score (nSPS) is 19.4. The molecule has 0 fully saturated rings. The van der Waals surface area contributed by atoms with Gasteiger partial charge in [0.15, 0.2) is 0 Å². The molecule has 0 aromatic heterocycles. The number of carbonyl (C=O) groups is 1.